The van der Waals surface area contributed by atoms with E-state index in [0.717, 1.165) is 0 Å². The van der Waals surface area contributed by atoms with Gasteiger partial charge in [-0.1, -0.05) is 11.6 Å². The lowest BCUT2D eigenvalue weighted by Gasteiger charge is -2.21. The number of rotatable bonds is 5. The molecule has 0 N–H and O–H groups in total. The van der Waals surface area contributed by atoms with Gasteiger partial charge in [-0.05, 0) is 19.9 Å². The number of amides is 1. The molecule has 6 nitrogen and oxygen atoms in total. The third kappa shape index (κ3) is 3.69. The van der Waals surface area contributed by atoms with Gasteiger partial charge in [0.15, 0.2) is 0 Å². The Hall–Kier alpha value is -1.95. The number of hydrogen-bond acceptors (Lipinski definition) is 5. The molecule has 23 heavy (non-hydrogen) atoms. The third-order valence-electron chi connectivity index (χ3n) is 3.55. The molecule has 0 radical (unpaired) electrons. The van der Waals surface area contributed by atoms with Gasteiger partial charge in [0.05, 0.1) is 37.0 Å². The quantitative estimate of drug-likeness (QED) is 0.770. The second kappa shape index (κ2) is 7.08. The second-order valence-electron chi connectivity index (χ2n) is 5.55. The molecule has 1 aliphatic rings. The molecule has 1 unspecified atom stereocenters. The number of nitrogens with zero attached hydrogens (tertiary/aromatic N) is 1. The highest BCUT2D eigenvalue weighted by Crippen LogP contribution is 2.40. The normalized spacial score (nSPS) is 17.6. The minimum atomic E-state index is -0.490. The number of benzene rings is 1. The summed E-state index contributed by atoms with van der Waals surface area (Å²) in [7, 11) is 3.00. The maximum atomic E-state index is 12.3. The zero-order valence-electron chi connectivity index (χ0n) is 13.6. The highest BCUT2D eigenvalue weighted by molar-refractivity contribution is 6.32. The standard InChI is InChI=1S/C16H20ClNO5/c1-9(2)23-16(20)10-5-15(19)18(8-10)12-6-11(17)13(21-3)7-14(12)22-4/h6-7,9-10H,5,8H2,1-4H3. The van der Waals surface area contributed by atoms with Gasteiger partial charge < -0.3 is 19.1 Å². The van der Waals surface area contributed by atoms with E-state index in [1.807, 2.05) is 0 Å². The van der Waals surface area contributed by atoms with Gasteiger partial charge in [-0.25, -0.2) is 0 Å². The van der Waals surface area contributed by atoms with E-state index in [1.54, 1.807) is 26.0 Å². The van der Waals surface area contributed by atoms with E-state index in [2.05, 4.69) is 0 Å². The summed E-state index contributed by atoms with van der Waals surface area (Å²) >= 11 is 6.14. The van der Waals surface area contributed by atoms with Gasteiger partial charge in [0.25, 0.3) is 0 Å². The van der Waals surface area contributed by atoms with Crippen LogP contribution in [0.3, 0.4) is 0 Å². The predicted molar refractivity (Wildman–Crippen MR) is 86.2 cm³/mol. The SMILES string of the molecule is COc1cc(OC)c(N2CC(C(=O)OC(C)C)CC2=O)cc1Cl. The minimum Gasteiger partial charge on any atom is -0.495 e. The summed E-state index contributed by atoms with van der Waals surface area (Å²) in [6.07, 6.45) is -0.102. The topological polar surface area (TPSA) is 65.1 Å². The highest BCUT2D eigenvalue weighted by Gasteiger charge is 2.37. The highest BCUT2D eigenvalue weighted by atomic mass is 35.5. The van der Waals surface area contributed by atoms with Crippen molar-refractivity contribution >= 4 is 29.2 Å². The monoisotopic (exact) mass is 341 g/mol. The number of anilines is 1. The number of carbonyl (C=O) groups excluding carboxylic acids is 2. The molecule has 0 bridgehead atoms. The number of carbonyl (C=O) groups is 2. The van der Waals surface area contributed by atoms with Crippen LogP contribution < -0.4 is 14.4 Å². The van der Waals surface area contributed by atoms with E-state index >= 15 is 0 Å². The largest absolute Gasteiger partial charge is 0.495 e. The first-order valence-corrected chi connectivity index (χ1v) is 7.67. The Kier molecular flexibility index (Phi) is 5.36. The minimum absolute atomic E-state index is 0.109. The van der Waals surface area contributed by atoms with Crippen LogP contribution in [-0.4, -0.2) is 38.7 Å². The molecule has 7 heteroatoms. The van der Waals surface area contributed by atoms with Crippen LogP contribution in [0.2, 0.25) is 5.02 Å². The number of methoxy groups -OCH3 is 2. The molecule has 1 aliphatic heterocycles. The molecule has 126 valence electrons. The Bertz CT molecular complexity index is 617. The maximum absolute atomic E-state index is 12.3. The molecule has 1 atom stereocenters. The Labute approximate surface area is 140 Å². The van der Waals surface area contributed by atoms with Crippen molar-refractivity contribution in [3.63, 3.8) is 0 Å². The molecule has 0 aliphatic carbocycles. The van der Waals surface area contributed by atoms with Crippen LogP contribution in [0.25, 0.3) is 0 Å². The molecule has 1 aromatic carbocycles. The summed E-state index contributed by atoms with van der Waals surface area (Å²) < 4.78 is 15.6. The van der Waals surface area contributed by atoms with E-state index in [9.17, 15) is 9.59 Å². The molecule has 1 amide bonds. The lowest BCUT2D eigenvalue weighted by Crippen LogP contribution is -2.27. The Balaban J connectivity index is 2.27. The zero-order valence-corrected chi connectivity index (χ0v) is 14.3. The van der Waals surface area contributed by atoms with Crippen LogP contribution in [0, 0.1) is 5.92 Å². The molecule has 1 heterocycles. The lowest BCUT2D eigenvalue weighted by atomic mass is 10.1. The van der Waals surface area contributed by atoms with Crippen LogP contribution in [-0.2, 0) is 14.3 Å². The number of halogens is 1. The van der Waals surface area contributed by atoms with Crippen molar-refractivity contribution in [3.8, 4) is 11.5 Å². The van der Waals surface area contributed by atoms with E-state index in [-0.39, 0.29) is 30.9 Å². The Morgan fingerprint density at radius 1 is 1.26 bits per heavy atom. The van der Waals surface area contributed by atoms with Gasteiger partial charge in [-0.3, -0.25) is 9.59 Å². The van der Waals surface area contributed by atoms with Crippen LogP contribution >= 0.6 is 11.6 Å². The molecule has 0 spiro atoms. The van der Waals surface area contributed by atoms with Crippen molar-refractivity contribution in [3.05, 3.63) is 17.2 Å². The molecule has 0 saturated carbocycles. The summed E-state index contributed by atoms with van der Waals surface area (Å²) in [5, 5.41) is 0.365. The summed E-state index contributed by atoms with van der Waals surface area (Å²) in [6, 6.07) is 3.22. The smallest absolute Gasteiger partial charge is 0.311 e. The van der Waals surface area contributed by atoms with Gasteiger partial charge in [0, 0.05) is 19.0 Å². The van der Waals surface area contributed by atoms with Crippen molar-refractivity contribution in [1.82, 2.24) is 0 Å². The van der Waals surface area contributed by atoms with Gasteiger partial charge in [-0.2, -0.15) is 0 Å². The van der Waals surface area contributed by atoms with E-state index in [0.29, 0.717) is 22.2 Å². The summed E-state index contributed by atoms with van der Waals surface area (Å²) in [4.78, 5) is 25.8. The molecule has 1 fully saturated rings. The average molecular weight is 342 g/mol. The van der Waals surface area contributed by atoms with Gasteiger partial charge in [0.1, 0.15) is 11.5 Å². The number of esters is 1. The molecule has 1 saturated heterocycles. The first kappa shape index (κ1) is 17.4. The van der Waals surface area contributed by atoms with Gasteiger partial charge in [0.2, 0.25) is 5.91 Å². The van der Waals surface area contributed by atoms with Crippen LogP contribution in [0.15, 0.2) is 12.1 Å². The predicted octanol–water partition coefficient (Wildman–Crippen LogP) is 2.66. The Morgan fingerprint density at radius 3 is 2.48 bits per heavy atom. The molecule has 1 aromatic rings. The second-order valence-corrected chi connectivity index (χ2v) is 5.96. The van der Waals surface area contributed by atoms with E-state index in [1.165, 1.54) is 19.1 Å². The van der Waals surface area contributed by atoms with Crippen molar-refractivity contribution in [2.45, 2.75) is 26.4 Å². The van der Waals surface area contributed by atoms with Gasteiger partial charge >= 0.3 is 5.97 Å². The average Bonchev–Trinajstić information content (AvgIpc) is 2.88. The fourth-order valence-corrected chi connectivity index (χ4v) is 2.72. The van der Waals surface area contributed by atoms with Crippen LogP contribution in [0.5, 0.6) is 11.5 Å². The lowest BCUT2D eigenvalue weighted by molar-refractivity contribution is -0.152. The number of hydrogen-bond donors (Lipinski definition) is 0. The van der Waals surface area contributed by atoms with Crippen molar-refractivity contribution in [2.75, 3.05) is 25.7 Å². The maximum Gasteiger partial charge on any atom is 0.311 e. The summed E-state index contributed by atoms with van der Waals surface area (Å²) in [5.41, 5.74) is 0.517. The first-order chi connectivity index (χ1) is 10.9. The van der Waals surface area contributed by atoms with Crippen molar-refractivity contribution in [2.24, 2.45) is 5.92 Å². The Morgan fingerprint density at radius 2 is 1.91 bits per heavy atom. The first-order valence-electron chi connectivity index (χ1n) is 7.29. The summed E-state index contributed by atoms with van der Waals surface area (Å²) in [5.74, 6) is -0.118. The molecular formula is C16H20ClNO5. The van der Waals surface area contributed by atoms with E-state index in [4.69, 9.17) is 25.8 Å². The van der Waals surface area contributed by atoms with Crippen molar-refractivity contribution in [1.29, 1.82) is 0 Å². The number of ether oxygens (including phenoxy) is 3. The molecular weight excluding hydrogens is 322 g/mol. The van der Waals surface area contributed by atoms with Gasteiger partial charge in [-0.15, -0.1) is 0 Å². The van der Waals surface area contributed by atoms with E-state index < -0.39 is 5.92 Å². The van der Waals surface area contributed by atoms with Crippen LogP contribution in [0.1, 0.15) is 20.3 Å². The molecule has 0 aromatic heterocycles. The summed E-state index contributed by atoms with van der Waals surface area (Å²) in [6.45, 7) is 3.79. The fraction of sp³-hybridized carbons (Fsp3) is 0.500. The fourth-order valence-electron chi connectivity index (χ4n) is 2.48. The van der Waals surface area contributed by atoms with Crippen molar-refractivity contribution < 1.29 is 23.8 Å². The molecule has 2 rings (SSSR count). The zero-order chi connectivity index (χ0) is 17.1. The van der Waals surface area contributed by atoms with Crippen LogP contribution in [0.4, 0.5) is 5.69 Å². The third-order valence-corrected chi connectivity index (χ3v) is 3.85.